The number of amides is 2. The number of methoxy groups -OCH3 is 1. The van der Waals surface area contributed by atoms with Gasteiger partial charge in [0.1, 0.15) is 5.75 Å². The Kier molecular flexibility index (Phi) is 6.97. The quantitative estimate of drug-likeness (QED) is 0.728. The van der Waals surface area contributed by atoms with Crippen LogP contribution < -0.4 is 15.4 Å². The maximum atomic E-state index is 12.4. The Hall–Kier alpha value is -2.93. The number of rotatable bonds is 8. The van der Waals surface area contributed by atoms with Gasteiger partial charge in [0.25, 0.3) is 11.8 Å². The van der Waals surface area contributed by atoms with Gasteiger partial charge >= 0.3 is 0 Å². The number of carbonyl (C=O) groups is 2. The molecule has 2 heterocycles. The van der Waals surface area contributed by atoms with Gasteiger partial charge in [-0.1, -0.05) is 12.1 Å². The maximum absolute atomic E-state index is 12.4. The fourth-order valence-electron chi connectivity index (χ4n) is 3.02. The molecule has 2 N–H and O–H groups in total. The minimum Gasteiger partial charge on any atom is -0.497 e. The molecule has 148 valence electrons. The summed E-state index contributed by atoms with van der Waals surface area (Å²) < 4.78 is 10.6. The molecule has 1 atom stereocenters. The van der Waals surface area contributed by atoms with E-state index in [1.54, 1.807) is 13.2 Å². The normalized spacial score (nSPS) is 15.8. The van der Waals surface area contributed by atoms with Crippen LogP contribution in [-0.2, 0) is 11.2 Å². The number of carbonyl (C=O) groups excluding carboxylic acids is 2. The molecule has 1 fully saturated rings. The topological polar surface area (TPSA) is 89.5 Å². The van der Waals surface area contributed by atoms with E-state index in [2.05, 4.69) is 15.6 Å². The van der Waals surface area contributed by atoms with Crippen molar-refractivity contribution in [2.75, 3.05) is 26.8 Å². The van der Waals surface area contributed by atoms with Gasteiger partial charge in [-0.2, -0.15) is 0 Å². The third-order valence-electron chi connectivity index (χ3n) is 4.64. The van der Waals surface area contributed by atoms with Gasteiger partial charge in [0.05, 0.1) is 24.3 Å². The first-order chi connectivity index (χ1) is 13.7. The number of hydrogen-bond acceptors (Lipinski definition) is 5. The van der Waals surface area contributed by atoms with E-state index in [0.29, 0.717) is 30.6 Å². The summed E-state index contributed by atoms with van der Waals surface area (Å²) >= 11 is 0. The molecule has 1 aromatic carbocycles. The standard InChI is InChI=1S/C21H25N3O4/c1-27-18-6-4-15(5-7-18)8-9-23-20(25)16-11-17(13-22-12-16)21(26)24-14-19-3-2-10-28-19/h4-7,11-13,19H,2-3,8-10,14H2,1H3,(H,23,25)(H,24,26). The lowest BCUT2D eigenvalue weighted by Gasteiger charge is -2.11. The molecule has 1 aliphatic heterocycles. The van der Waals surface area contributed by atoms with Crippen molar-refractivity contribution in [3.8, 4) is 5.75 Å². The molecule has 2 aromatic rings. The van der Waals surface area contributed by atoms with E-state index in [0.717, 1.165) is 30.8 Å². The van der Waals surface area contributed by atoms with Crippen molar-refractivity contribution in [3.63, 3.8) is 0 Å². The van der Waals surface area contributed by atoms with Crippen LogP contribution >= 0.6 is 0 Å². The van der Waals surface area contributed by atoms with Crippen LogP contribution in [0.5, 0.6) is 5.75 Å². The monoisotopic (exact) mass is 383 g/mol. The van der Waals surface area contributed by atoms with Crippen molar-refractivity contribution in [1.29, 1.82) is 0 Å². The zero-order valence-corrected chi connectivity index (χ0v) is 15.9. The fourth-order valence-corrected chi connectivity index (χ4v) is 3.02. The average molecular weight is 383 g/mol. The van der Waals surface area contributed by atoms with Crippen LogP contribution in [0.2, 0.25) is 0 Å². The van der Waals surface area contributed by atoms with Crippen LogP contribution in [0.4, 0.5) is 0 Å². The highest BCUT2D eigenvalue weighted by atomic mass is 16.5. The summed E-state index contributed by atoms with van der Waals surface area (Å²) in [4.78, 5) is 28.7. The number of benzene rings is 1. The second kappa shape index (κ2) is 9.85. The molecule has 0 spiro atoms. The molecule has 7 nitrogen and oxygen atoms in total. The molecule has 7 heteroatoms. The first kappa shape index (κ1) is 19.8. The largest absolute Gasteiger partial charge is 0.497 e. The van der Waals surface area contributed by atoms with E-state index < -0.39 is 0 Å². The zero-order valence-electron chi connectivity index (χ0n) is 15.9. The van der Waals surface area contributed by atoms with Gasteiger partial charge < -0.3 is 20.1 Å². The molecule has 0 radical (unpaired) electrons. The third kappa shape index (κ3) is 5.53. The second-order valence-electron chi connectivity index (χ2n) is 6.66. The van der Waals surface area contributed by atoms with Gasteiger partial charge in [-0.3, -0.25) is 14.6 Å². The lowest BCUT2D eigenvalue weighted by Crippen LogP contribution is -2.32. The van der Waals surface area contributed by atoms with Crippen LogP contribution in [0.3, 0.4) is 0 Å². The van der Waals surface area contributed by atoms with E-state index in [9.17, 15) is 9.59 Å². The number of aromatic nitrogens is 1. The van der Waals surface area contributed by atoms with E-state index in [4.69, 9.17) is 9.47 Å². The maximum Gasteiger partial charge on any atom is 0.252 e. The van der Waals surface area contributed by atoms with Crippen molar-refractivity contribution in [1.82, 2.24) is 15.6 Å². The molecule has 0 aliphatic carbocycles. The van der Waals surface area contributed by atoms with Gasteiger partial charge in [-0.05, 0) is 43.0 Å². The molecule has 28 heavy (non-hydrogen) atoms. The molecular weight excluding hydrogens is 358 g/mol. The van der Waals surface area contributed by atoms with Crippen LogP contribution in [0.25, 0.3) is 0 Å². The van der Waals surface area contributed by atoms with Crippen molar-refractivity contribution in [3.05, 3.63) is 59.4 Å². The first-order valence-corrected chi connectivity index (χ1v) is 9.41. The Morgan fingerprint density at radius 3 is 2.50 bits per heavy atom. The Morgan fingerprint density at radius 2 is 1.86 bits per heavy atom. The molecule has 1 aliphatic rings. The molecule has 0 saturated carbocycles. The molecule has 1 saturated heterocycles. The average Bonchev–Trinajstić information content (AvgIpc) is 3.26. The van der Waals surface area contributed by atoms with Crippen molar-refractivity contribution in [2.24, 2.45) is 0 Å². The van der Waals surface area contributed by atoms with Crippen molar-refractivity contribution >= 4 is 11.8 Å². The predicted octanol–water partition coefficient (Wildman–Crippen LogP) is 1.97. The predicted molar refractivity (Wildman–Crippen MR) is 105 cm³/mol. The van der Waals surface area contributed by atoms with Crippen LogP contribution in [0, 0.1) is 0 Å². The Balaban J connectivity index is 1.49. The Labute approximate surface area is 164 Å². The Morgan fingerprint density at radius 1 is 1.14 bits per heavy atom. The number of pyridine rings is 1. The summed E-state index contributed by atoms with van der Waals surface area (Å²) in [6.07, 6.45) is 5.66. The minimum absolute atomic E-state index is 0.0707. The highest BCUT2D eigenvalue weighted by molar-refractivity contribution is 5.99. The highest BCUT2D eigenvalue weighted by Gasteiger charge is 2.17. The van der Waals surface area contributed by atoms with E-state index in [-0.39, 0.29) is 17.9 Å². The van der Waals surface area contributed by atoms with Gasteiger partial charge in [-0.25, -0.2) is 0 Å². The zero-order chi connectivity index (χ0) is 19.8. The summed E-state index contributed by atoms with van der Waals surface area (Å²) in [5.41, 5.74) is 1.82. The summed E-state index contributed by atoms with van der Waals surface area (Å²) in [5.74, 6) is 0.291. The summed E-state index contributed by atoms with van der Waals surface area (Å²) in [6, 6.07) is 9.26. The van der Waals surface area contributed by atoms with Crippen molar-refractivity contribution < 1.29 is 19.1 Å². The number of nitrogens with one attached hydrogen (secondary N) is 2. The minimum atomic E-state index is -0.255. The van der Waals surface area contributed by atoms with Gasteiger partial charge in [0.2, 0.25) is 0 Å². The van der Waals surface area contributed by atoms with Gasteiger partial charge in [0.15, 0.2) is 0 Å². The highest BCUT2D eigenvalue weighted by Crippen LogP contribution is 2.12. The SMILES string of the molecule is COc1ccc(CCNC(=O)c2cncc(C(=O)NCC3CCCO3)c2)cc1. The summed E-state index contributed by atoms with van der Waals surface area (Å²) in [5, 5.41) is 5.69. The summed E-state index contributed by atoms with van der Waals surface area (Å²) in [6.45, 7) is 1.70. The number of hydrogen-bond donors (Lipinski definition) is 2. The third-order valence-corrected chi connectivity index (χ3v) is 4.64. The van der Waals surface area contributed by atoms with Crippen LogP contribution in [-0.4, -0.2) is 49.7 Å². The van der Waals surface area contributed by atoms with Crippen LogP contribution in [0.1, 0.15) is 39.1 Å². The van der Waals surface area contributed by atoms with Crippen molar-refractivity contribution in [2.45, 2.75) is 25.4 Å². The van der Waals surface area contributed by atoms with E-state index in [1.165, 1.54) is 12.4 Å². The molecule has 1 aromatic heterocycles. The van der Waals surface area contributed by atoms with Gasteiger partial charge in [-0.15, -0.1) is 0 Å². The van der Waals surface area contributed by atoms with Crippen LogP contribution in [0.15, 0.2) is 42.7 Å². The van der Waals surface area contributed by atoms with Gasteiger partial charge in [0, 0.05) is 32.1 Å². The van der Waals surface area contributed by atoms with E-state index >= 15 is 0 Å². The Bertz CT molecular complexity index is 802. The lowest BCUT2D eigenvalue weighted by atomic mass is 10.1. The van der Waals surface area contributed by atoms with E-state index in [1.807, 2.05) is 24.3 Å². The molecule has 1 unspecified atom stereocenters. The number of ether oxygens (including phenoxy) is 2. The first-order valence-electron chi connectivity index (χ1n) is 9.41. The molecular formula is C21H25N3O4. The summed E-state index contributed by atoms with van der Waals surface area (Å²) in [7, 11) is 1.63. The molecule has 3 rings (SSSR count). The second-order valence-corrected chi connectivity index (χ2v) is 6.66. The smallest absolute Gasteiger partial charge is 0.252 e. The molecule has 0 bridgehead atoms. The fraction of sp³-hybridized carbons (Fsp3) is 0.381. The number of nitrogens with zero attached hydrogens (tertiary/aromatic N) is 1. The molecule has 2 amide bonds. The lowest BCUT2D eigenvalue weighted by molar-refractivity contribution is 0.0857.